The molecule has 0 saturated carbocycles. The molecule has 1 unspecified atom stereocenters. The van der Waals surface area contributed by atoms with Crippen molar-refractivity contribution in [1.82, 2.24) is 10.7 Å². The zero-order valence-corrected chi connectivity index (χ0v) is 7.34. The molecule has 0 spiro atoms. The molecular weight excluding hydrogens is 196 g/mol. The van der Waals surface area contributed by atoms with E-state index in [1.807, 2.05) is 5.43 Å². The second-order valence-corrected chi connectivity index (χ2v) is 2.39. The van der Waals surface area contributed by atoms with Crippen LogP contribution >= 0.6 is 0 Å². The fraction of sp³-hybridized carbons (Fsp3) is 0.750. The van der Waals surface area contributed by atoms with Gasteiger partial charge in [-0.1, -0.05) is 0 Å². The Morgan fingerprint density at radius 1 is 1.57 bits per heavy atom. The summed E-state index contributed by atoms with van der Waals surface area (Å²) < 4.78 is 0. The first-order valence-electron chi connectivity index (χ1n) is 3.54. The standard InChI is InChI=1S/C4H10N6O4/c1-3(2-6-9(11)12)7-4(5)8-10(13)14/h3,6H,2H2,1H3,(H3,5,7,8). The van der Waals surface area contributed by atoms with Crippen LogP contribution < -0.4 is 16.5 Å². The van der Waals surface area contributed by atoms with Crippen molar-refractivity contribution in [3.8, 4) is 0 Å². The molecule has 0 aromatic rings. The molecule has 10 heteroatoms. The van der Waals surface area contributed by atoms with Gasteiger partial charge in [-0.3, -0.25) is 0 Å². The number of nitrogens with two attached hydrogens (primary N) is 1. The third-order valence-corrected chi connectivity index (χ3v) is 1.11. The average Bonchev–Trinajstić information content (AvgIpc) is 1.98. The Hall–Kier alpha value is -2.13. The maximum atomic E-state index is 9.86. The molecule has 0 bridgehead atoms. The number of hydrogen-bond acceptors (Lipinski definition) is 4. The highest BCUT2D eigenvalue weighted by atomic mass is 16.7. The van der Waals surface area contributed by atoms with Gasteiger partial charge in [0.15, 0.2) is 10.1 Å². The van der Waals surface area contributed by atoms with E-state index < -0.39 is 22.1 Å². The van der Waals surface area contributed by atoms with Crippen molar-refractivity contribution < 1.29 is 10.1 Å². The third-order valence-electron chi connectivity index (χ3n) is 1.11. The number of guanidine groups is 1. The lowest BCUT2D eigenvalue weighted by Gasteiger charge is -2.09. The number of nitrogens with zero attached hydrogens (tertiary/aromatic N) is 3. The molecule has 0 amide bonds. The molecule has 0 aliphatic rings. The lowest BCUT2D eigenvalue weighted by atomic mass is 10.3. The van der Waals surface area contributed by atoms with Crippen molar-refractivity contribution in [3.05, 3.63) is 20.2 Å². The van der Waals surface area contributed by atoms with Gasteiger partial charge in [-0.25, -0.2) is 20.2 Å². The number of hydrazone groups is 1. The zero-order valence-electron chi connectivity index (χ0n) is 7.34. The Kier molecular flexibility index (Phi) is 4.67. The summed E-state index contributed by atoms with van der Waals surface area (Å²) in [6, 6.07) is -0.441. The van der Waals surface area contributed by atoms with Crippen molar-refractivity contribution in [2.45, 2.75) is 13.0 Å². The minimum Gasteiger partial charge on any atom is -0.365 e. The largest absolute Gasteiger partial charge is 0.365 e. The monoisotopic (exact) mass is 206 g/mol. The van der Waals surface area contributed by atoms with Crippen LogP contribution in [0.3, 0.4) is 0 Å². The van der Waals surface area contributed by atoms with E-state index in [0.29, 0.717) is 0 Å². The molecule has 0 aromatic heterocycles. The molecule has 80 valence electrons. The Morgan fingerprint density at radius 2 is 2.14 bits per heavy atom. The van der Waals surface area contributed by atoms with Crippen molar-refractivity contribution in [3.63, 3.8) is 0 Å². The summed E-state index contributed by atoms with van der Waals surface area (Å²) in [5, 5.41) is 23.1. The van der Waals surface area contributed by atoms with Gasteiger partial charge in [-0.15, -0.1) is 5.43 Å². The lowest BCUT2D eigenvalue weighted by molar-refractivity contribution is -0.544. The topological polar surface area (TPSA) is 149 Å². The Balaban J connectivity index is 3.87. The Bertz CT molecular complexity index is 252. The van der Waals surface area contributed by atoms with E-state index in [2.05, 4.69) is 10.4 Å². The molecule has 0 radical (unpaired) electrons. The van der Waals surface area contributed by atoms with Crippen LogP contribution in [-0.4, -0.2) is 28.6 Å². The summed E-state index contributed by atoms with van der Waals surface area (Å²) >= 11 is 0. The minimum atomic E-state index is -0.962. The number of hydrazine groups is 1. The van der Waals surface area contributed by atoms with Crippen molar-refractivity contribution >= 4 is 5.96 Å². The van der Waals surface area contributed by atoms with Gasteiger partial charge in [0.1, 0.15) is 5.10 Å². The number of nitro groups is 2. The zero-order chi connectivity index (χ0) is 11.1. The normalized spacial score (nSPS) is 13.1. The Labute approximate surface area is 78.4 Å². The fourth-order valence-electron chi connectivity index (χ4n) is 0.632. The van der Waals surface area contributed by atoms with Crippen LogP contribution in [0, 0.1) is 20.2 Å². The van der Waals surface area contributed by atoms with Crippen LogP contribution in [0.5, 0.6) is 0 Å². The van der Waals surface area contributed by atoms with Crippen LogP contribution in [-0.2, 0) is 0 Å². The van der Waals surface area contributed by atoms with Gasteiger partial charge in [-0.05, 0) is 6.92 Å². The molecule has 0 rings (SSSR count). The van der Waals surface area contributed by atoms with E-state index >= 15 is 0 Å². The van der Waals surface area contributed by atoms with Crippen LogP contribution in [0.25, 0.3) is 0 Å². The predicted octanol–water partition coefficient (Wildman–Crippen LogP) is -1.75. The SMILES string of the molecule is CC(CN[N+](=O)[O-])N/C(N)=N/[N+](=O)[O-]. The molecular formula is C4H10N6O4. The third kappa shape index (κ3) is 6.57. The number of hydrogen-bond donors (Lipinski definition) is 3. The minimum absolute atomic E-state index is 0.0269. The second-order valence-electron chi connectivity index (χ2n) is 2.39. The molecule has 0 heterocycles. The van der Waals surface area contributed by atoms with E-state index in [4.69, 9.17) is 5.73 Å². The van der Waals surface area contributed by atoms with Crippen molar-refractivity contribution in [2.75, 3.05) is 6.54 Å². The highest BCUT2D eigenvalue weighted by Gasteiger charge is 2.07. The summed E-state index contributed by atoms with van der Waals surface area (Å²) in [7, 11) is 0. The average molecular weight is 206 g/mol. The highest BCUT2D eigenvalue weighted by molar-refractivity contribution is 5.77. The molecule has 0 aromatic carbocycles. The van der Waals surface area contributed by atoms with Gasteiger partial charge in [0, 0.05) is 6.04 Å². The first-order chi connectivity index (χ1) is 6.41. The van der Waals surface area contributed by atoms with Gasteiger partial charge in [-0.2, -0.15) is 0 Å². The van der Waals surface area contributed by atoms with Gasteiger partial charge >= 0.3 is 0 Å². The highest BCUT2D eigenvalue weighted by Crippen LogP contribution is 1.78. The summed E-state index contributed by atoms with van der Waals surface area (Å²) in [5.74, 6) is -0.396. The van der Waals surface area contributed by atoms with Crippen LogP contribution in [0.15, 0.2) is 5.10 Å². The maximum Gasteiger partial charge on any atom is 0.266 e. The summed E-state index contributed by atoms with van der Waals surface area (Å²) in [4.78, 5) is 19.7. The van der Waals surface area contributed by atoms with Gasteiger partial charge in [0.2, 0.25) is 0 Å². The van der Waals surface area contributed by atoms with E-state index in [9.17, 15) is 20.2 Å². The quantitative estimate of drug-likeness (QED) is 0.209. The smallest absolute Gasteiger partial charge is 0.266 e. The molecule has 0 fully saturated rings. The summed E-state index contributed by atoms with van der Waals surface area (Å²) in [5.41, 5.74) is 6.96. The molecule has 0 saturated heterocycles. The van der Waals surface area contributed by atoms with E-state index in [1.54, 1.807) is 6.92 Å². The fourth-order valence-corrected chi connectivity index (χ4v) is 0.632. The van der Waals surface area contributed by atoms with Crippen LogP contribution in [0.2, 0.25) is 0 Å². The summed E-state index contributed by atoms with van der Waals surface area (Å²) in [6.07, 6.45) is 0. The van der Waals surface area contributed by atoms with E-state index in [-0.39, 0.29) is 6.54 Å². The molecule has 0 aliphatic carbocycles. The second kappa shape index (κ2) is 5.50. The van der Waals surface area contributed by atoms with Gasteiger partial charge in [0.05, 0.1) is 6.54 Å². The Morgan fingerprint density at radius 3 is 2.57 bits per heavy atom. The molecule has 1 atom stereocenters. The van der Waals surface area contributed by atoms with E-state index in [1.165, 1.54) is 0 Å². The lowest BCUT2D eigenvalue weighted by Crippen LogP contribution is -2.45. The number of rotatable bonds is 5. The maximum absolute atomic E-state index is 9.86. The predicted molar refractivity (Wildman–Crippen MR) is 46.2 cm³/mol. The van der Waals surface area contributed by atoms with Gasteiger partial charge in [0.25, 0.3) is 5.96 Å². The molecule has 10 nitrogen and oxygen atoms in total. The summed E-state index contributed by atoms with van der Waals surface area (Å²) in [6.45, 7) is 1.53. The first-order valence-corrected chi connectivity index (χ1v) is 3.54. The van der Waals surface area contributed by atoms with Crippen LogP contribution in [0.4, 0.5) is 0 Å². The molecule has 0 aliphatic heterocycles. The van der Waals surface area contributed by atoms with E-state index in [0.717, 1.165) is 0 Å². The van der Waals surface area contributed by atoms with Crippen LogP contribution in [0.1, 0.15) is 6.92 Å². The van der Waals surface area contributed by atoms with Crippen molar-refractivity contribution in [2.24, 2.45) is 10.8 Å². The van der Waals surface area contributed by atoms with Gasteiger partial charge < -0.3 is 11.1 Å². The number of nitrogens with one attached hydrogen (secondary N) is 2. The van der Waals surface area contributed by atoms with Crippen molar-refractivity contribution in [1.29, 1.82) is 0 Å². The molecule has 4 N–H and O–H groups in total. The molecule has 14 heavy (non-hydrogen) atoms. The first kappa shape index (κ1) is 11.9.